The summed E-state index contributed by atoms with van der Waals surface area (Å²) < 4.78 is 1.38. The lowest BCUT2D eigenvalue weighted by Crippen LogP contribution is -2.23. The van der Waals surface area contributed by atoms with Gasteiger partial charge in [0.1, 0.15) is 0 Å². The van der Waals surface area contributed by atoms with Gasteiger partial charge in [0.2, 0.25) is 0 Å². The Bertz CT molecular complexity index is 539. The van der Waals surface area contributed by atoms with Gasteiger partial charge in [0.25, 0.3) is 0 Å². The van der Waals surface area contributed by atoms with Gasteiger partial charge >= 0.3 is 0 Å². The molecule has 0 bridgehead atoms. The van der Waals surface area contributed by atoms with E-state index in [0.29, 0.717) is 6.54 Å². The quantitative estimate of drug-likeness (QED) is 0.924. The Morgan fingerprint density at radius 1 is 1.11 bits per heavy atom. The van der Waals surface area contributed by atoms with Gasteiger partial charge in [-0.05, 0) is 42.9 Å². The lowest BCUT2D eigenvalue weighted by Gasteiger charge is -2.18. The Balaban J connectivity index is 1.81. The second-order valence-electron chi connectivity index (χ2n) is 5.44. The van der Waals surface area contributed by atoms with E-state index in [9.17, 15) is 0 Å². The molecule has 0 amide bonds. The molecule has 2 aromatic rings. The third-order valence-corrected chi connectivity index (χ3v) is 5.19. The lowest BCUT2D eigenvalue weighted by molar-refractivity contribution is 0.279. The van der Waals surface area contributed by atoms with Crippen LogP contribution in [0.25, 0.3) is 10.1 Å². The van der Waals surface area contributed by atoms with Crippen LogP contribution in [0.5, 0.6) is 0 Å². The number of thiophene rings is 1. The molecule has 0 radical (unpaired) electrons. The molecule has 0 atom stereocenters. The van der Waals surface area contributed by atoms with Gasteiger partial charge in [-0.15, -0.1) is 11.3 Å². The van der Waals surface area contributed by atoms with Gasteiger partial charge in [0, 0.05) is 22.7 Å². The molecule has 1 aliphatic rings. The minimum absolute atomic E-state index is 0.640. The molecule has 1 saturated heterocycles. The zero-order valence-electron chi connectivity index (χ0n) is 11.4. The molecule has 2 N–H and O–H groups in total. The molecule has 1 fully saturated rings. The standard InChI is InChI=1S/C16H22N2S/c17-11-14-7-5-6-13-10-15(19-16(13)14)12-18-8-3-1-2-4-9-18/h5-7,10H,1-4,8-9,11-12,17H2. The second kappa shape index (κ2) is 6.04. The number of likely N-dealkylation sites (tertiary alicyclic amines) is 1. The third kappa shape index (κ3) is 2.99. The van der Waals surface area contributed by atoms with Gasteiger partial charge in [0.15, 0.2) is 0 Å². The molecular formula is C16H22N2S. The summed E-state index contributed by atoms with van der Waals surface area (Å²) >= 11 is 1.93. The number of nitrogens with two attached hydrogens (primary N) is 1. The van der Waals surface area contributed by atoms with Crippen LogP contribution in [0.15, 0.2) is 24.3 Å². The molecule has 3 rings (SSSR count). The average molecular weight is 274 g/mol. The fourth-order valence-electron chi connectivity index (χ4n) is 2.93. The predicted octanol–water partition coefficient (Wildman–Crippen LogP) is 3.74. The number of fused-ring (bicyclic) bond motifs is 1. The molecule has 1 aromatic carbocycles. The van der Waals surface area contributed by atoms with Crippen LogP contribution in [-0.4, -0.2) is 18.0 Å². The van der Waals surface area contributed by atoms with Crippen LogP contribution < -0.4 is 5.73 Å². The first-order valence-electron chi connectivity index (χ1n) is 7.29. The van der Waals surface area contributed by atoms with E-state index >= 15 is 0 Å². The van der Waals surface area contributed by atoms with Crippen molar-refractivity contribution in [2.24, 2.45) is 5.73 Å². The molecule has 1 aromatic heterocycles. The highest BCUT2D eigenvalue weighted by atomic mass is 32.1. The van der Waals surface area contributed by atoms with Crippen LogP contribution in [0.3, 0.4) is 0 Å². The third-order valence-electron chi connectivity index (χ3n) is 3.97. The minimum atomic E-state index is 0.640. The lowest BCUT2D eigenvalue weighted by atomic mass is 10.1. The molecule has 0 spiro atoms. The number of nitrogens with zero attached hydrogens (tertiary/aromatic N) is 1. The molecule has 19 heavy (non-hydrogen) atoms. The van der Waals surface area contributed by atoms with E-state index in [0.717, 1.165) is 6.54 Å². The van der Waals surface area contributed by atoms with Crippen LogP contribution in [-0.2, 0) is 13.1 Å². The summed E-state index contributed by atoms with van der Waals surface area (Å²) in [5.41, 5.74) is 7.11. The van der Waals surface area contributed by atoms with Crippen LogP contribution in [0.4, 0.5) is 0 Å². The van der Waals surface area contributed by atoms with Gasteiger partial charge < -0.3 is 5.73 Å². The summed E-state index contributed by atoms with van der Waals surface area (Å²) in [7, 11) is 0. The maximum Gasteiger partial charge on any atom is 0.0391 e. The fraction of sp³-hybridized carbons (Fsp3) is 0.500. The molecule has 2 heterocycles. The normalized spacial score (nSPS) is 17.7. The smallest absolute Gasteiger partial charge is 0.0391 e. The van der Waals surface area contributed by atoms with E-state index in [-0.39, 0.29) is 0 Å². The van der Waals surface area contributed by atoms with Crippen molar-refractivity contribution in [2.75, 3.05) is 13.1 Å². The Labute approximate surface area is 119 Å². The molecule has 1 aliphatic heterocycles. The number of rotatable bonds is 3. The topological polar surface area (TPSA) is 29.3 Å². The van der Waals surface area contributed by atoms with Crippen LogP contribution >= 0.6 is 11.3 Å². The fourth-order valence-corrected chi connectivity index (χ4v) is 4.15. The monoisotopic (exact) mass is 274 g/mol. The highest BCUT2D eigenvalue weighted by Gasteiger charge is 2.12. The average Bonchev–Trinajstić information content (AvgIpc) is 2.66. The van der Waals surface area contributed by atoms with Crippen molar-refractivity contribution in [1.29, 1.82) is 0 Å². The van der Waals surface area contributed by atoms with Crippen molar-refractivity contribution in [3.63, 3.8) is 0 Å². The first-order chi connectivity index (χ1) is 9.36. The van der Waals surface area contributed by atoms with E-state index in [1.807, 2.05) is 11.3 Å². The van der Waals surface area contributed by atoms with E-state index in [4.69, 9.17) is 5.73 Å². The van der Waals surface area contributed by atoms with Crippen molar-refractivity contribution in [2.45, 2.75) is 38.8 Å². The molecule has 0 saturated carbocycles. The summed E-state index contributed by atoms with van der Waals surface area (Å²) in [6.45, 7) is 4.28. The van der Waals surface area contributed by atoms with Crippen molar-refractivity contribution in [3.8, 4) is 0 Å². The zero-order valence-corrected chi connectivity index (χ0v) is 12.2. The Morgan fingerprint density at radius 2 is 1.89 bits per heavy atom. The van der Waals surface area contributed by atoms with Gasteiger partial charge in [-0.25, -0.2) is 0 Å². The Morgan fingerprint density at radius 3 is 2.63 bits per heavy atom. The van der Waals surface area contributed by atoms with Crippen molar-refractivity contribution < 1.29 is 0 Å². The van der Waals surface area contributed by atoms with Crippen molar-refractivity contribution >= 4 is 21.4 Å². The molecule has 3 heteroatoms. The SMILES string of the molecule is NCc1cccc2cc(CN3CCCCCC3)sc12. The summed E-state index contributed by atoms with van der Waals surface area (Å²) in [4.78, 5) is 4.10. The molecular weight excluding hydrogens is 252 g/mol. The molecule has 2 nitrogen and oxygen atoms in total. The highest BCUT2D eigenvalue weighted by molar-refractivity contribution is 7.19. The highest BCUT2D eigenvalue weighted by Crippen LogP contribution is 2.30. The van der Waals surface area contributed by atoms with Crippen LogP contribution in [0.2, 0.25) is 0 Å². The van der Waals surface area contributed by atoms with Crippen LogP contribution in [0, 0.1) is 0 Å². The van der Waals surface area contributed by atoms with Gasteiger partial charge in [-0.2, -0.15) is 0 Å². The van der Waals surface area contributed by atoms with Gasteiger partial charge in [-0.1, -0.05) is 31.0 Å². The first-order valence-corrected chi connectivity index (χ1v) is 8.11. The second-order valence-corrected chi connectivity index (χ2v) is 6.58. The molecule has 102 valence electrons. The predicted molar refractivity (Wildman–Crippen MR) is 83.5 cm³/mol. The zero-order chi connectivity index (χ0) is 13.1. The van der Waals surface area contributed by atoms with Crippen LogP contribution in [0.1, 0.15) is 36.1 Å². The Hall–Kier alpha value is -0.900. The Kier molecular flexibility index (Phi) is 4.16. The molecule has 0 unspecified atom stereocenters. The van der Waals surface area contributed by atoms with Crippen molar-refractivity contribution in [1.82, 2.24) is 4.90 Å². The van der Waals surface area contributed by atoms with Crippen molar-refractivity contribution in [3.05, 3.63) is 34.7 Å². The minimum Gasteiger partial charge on any atom is -0.326 e. The van der Waals surface area contributed by atoms with Gasteiger partial charge in [-0.3, -0.25) is 4.90 Å². The van der Waals surface area contributed by atoms with E-state index in [1.54, 1.807) is 0 Å². The van der Waals surface area contributed by atoms with Gasteiger partial charge in [0.05, 0.1) is 0 Å². The maximum atomic E-state index is 5.83. The maximum absolute atomic E-state index is 5.83. The summed E-state index contributed by atoms with van der Waals surface area (Å²) in [6, 6.07) is 8.82. The number of hydrogen-bond donors (Lipinski definition) is 1. The van der Waals surface area contributed by atoms with E-state index < -0.39 is 0 Å². The summed E-state index contributed by atoms with van der Waals surface area (Å²) in [5, 5.41) is 1.36. The summed E-state index contributed by atoms with van der Waals surface area (Å²) in [5.74, 6) is 0. The van der Waals surface area contributed by atoms with E-state index in [2.05, 4.69) is 29.2 Å². The molecule has 0 aliphatic carbocycles. The summed E-state index contributed by atoms with van der Waals surface area (Å²) in [6.07, 6.45) is 5.53. The number of hydrogen-bond acceptors (Lipinski definition) is 3. The first kappa shape index (κ1) is 13.1. The largest absolute Gasteiger partial charge is 0.326 e. The van der Waals surface area contributed by atoms with E-state index in [1.165, 1.54) is 59.3 Å². The number of benzene rings is 1.